The number of hydrogen-bond donors (Lipinski definition) is 1. The Morgan fingerprint density at radius 3 is 2.41 bits per heavy atom. The predicted octanol–water partition coefficient (Wildman–Crippen LogP) is 3.34. The third-order valence-electron chi connectivity index (χ3n) is 3.94. The van der Waals surface area contributed by atoms with Crippen LogP contribution in [-0.4, -0.2) is 21.6 Å². The van der Waals surface area contributed by atoms with Crippen LogP contribution in [0.1, 0.15) is 6.92 Å². The van der Waals surface area contributed by atoms with Gasteiger partial charge in [0.25, 0.3) is 0 Å². The van der Waals surface area contributed by atoms with Crippen LogP contribution in [0.25, 0.3) is 5.69 Å². The molecule has 1 N–H and O–H groups in total. The number of nitrogens with one attached hydrogen (secondary N) is 1. The van der Waals surface area contributed by atoms with E-state index in [4.69, 9.17) is 27.9 Å². The van der Waals surface area contributed by atoms with Gasteiger partial charge in [-0.3, -0.25) is 23.5 Å². The van der Waals surface area contributed by atoms with Gasteiger partial charge in [0.2, 0.25) is 5.91 Å². The average Bonchev–Trinajstić information content (AvgIpc) is 2.66. The molecule has 7 nitrogen and oxygen atoms in total. The zero-order valence-electron chi connectivity index (χ0n) is 15.4. The summed E-state index contributed by atoms with van der Waals surface area (Å²) in [5.74, 6) is -0.0258. The molecule has 1 heterocycles. The Hall–Kier alpha value is -3.03. The Labute approximate surface area is 176 Å². The lowest BCUT2D eigenvalue weighted by Gasteiger charge is -2.13. The lowest BCUT2D eigenvalue weighted by molar-refractivity contribution is -0.116. The maximum absolute atomic E-state index is 12.6. The summed E-state index contributed by atoms with van der Waals surface area (Å²) in [6.07, 6.45) is 2.79. The van der Waals surface area contributed by atoms with Crippen LogP contribution in [0.5, 0.6) is 5.75 Å². The Kier molecular flexibility index (Phi) is 6.41. The van der Waals surface area contributed by atoms with Crippen molar-refractivity contribution in [1.29, 1.82) is 0 Å². The summed E-state index contributed by atoms with van der Waals surface area (Å²) in [5, 5.41) is 3.32. The molecule has 0 bridgehead atoms. The van der Waals surface area contributed by atoms with E-state index in [1.807, 2.05) is 6.92 Å². The molecular weight excluding hydrogens is 417 g/mol. The number of benzene rings is 2. The van der Waals surface area contributed by atoms with Gasteiger partial charge in [0.1, 0.15) is 12.3 Å². The van der Waals surface area contributed by atoms with Crippen molar-refractivity contribution in [1.82, 2.24) is 9.13 Å². The van der Waals surface area contributed by atoms with Crippen LogP contribution in [0.4, 0.5) is 5.69 Å². The number of hydrogen-bond acceptors (Lipinski definition) is 4. The summed E-state index contributed by atoms with van der Waals surface area (Å²) < 4.78 is 7.74. The number of carbonyl (C=O) groups is 1. The number of ether oxygens (including phenoxy) is 1. The highest BCUT2D eigenvalue weighted by Gasteiger charge is 2.13. The van der Waals surface area contributed by atoms with Crippen LogP contribution in [0, 0.1) is 0 Å². The van der Waals surface area contributed by atoms with E-state index in [1.54, 1.807) is 24.3 Å². The largest absolute Gasteiger partial charge is 0.492 e. The minimum Gasteiger partial charge on any atom is -0.492 e. The summed E-state index contributed by atoms with van der Waals surface area (Å²) >= 11 is 11.8. The number of halogens is 2. The predicted molar refractivity (Wildman–Crippen MR) is 113 cm³/mol. The second-order valence-electron chi connectivity index (χ2n) is 6.01. The molecule has 0 saturated heterocycles. The van der Waals surface area contributed by atoms with Crippen LogP contribution in [0.2, 0.25) is 10.0 Å². The highest BCUT2D eigenvalue weighted by Crippen LogP contribution is 2.22. The molecule has 3 aromatic rings. The van der Waals surface area contributed by atoms with Crippen LogP contribution < -0.4 is 21.2 Å². The zero-order valence-corrected chi connectivity index (χ0v) is 16.9. The van der Waals surface area contributed by atoms with Gasteiger partial charge in [-0.1, -0.05) is 35.3 Å². The second-order valence-corrected chi connectivity index (χ2v) is 6.89. The molecule has 1 aromatic heterocycles. The van der Waals surface area contributed by atoms with Gasteiger partial charge in [-0.15, -0.1) is 0 Å². The lowest BCUT2D eigenvalue weighted by Crippen LogP contribution is -2.41. The first kappa shape index (κ1) is 20.7. The lowest BCUT2D eigenvalue weighted by atomic mass is 10.3. The van der Waals surface area contributed by atoms with Crippen molar-refractivity contribution < 1.29 is 9.53 Å². The first-order chi connectivity index (χ1) is 13.9. The molecule has 0 aliphatic carbocycles. The van der Waals surface area contributed by atoms with E-state index >= 15 is 0 Å². The molecule has 0 aliphatic heterocycles. The average molecular weight is 434 g/mol. The monoisotopic (exact) mass is 433 g/mol. The summed E-state index contributed by atoms with van der Waals surface area (Å²) in [4.78, 5) is 37.4. The first-order valence-corrected chi connectivity index (χ1v) is 9.45. The Morgan fingerprint density at radius 2 is 1.72 bits per heavy atom. The Balaban J connectivity index is 1.86. The molecule has 0 radical (unpaired) electrons. The topological polar surface area (TPSA) is 82.3 Å². The maximum atomic E-state index is 12.6. The standard InChI is InChI=1S/C20H17Cl2N3O4/c1-2-29-17-6-4-3-5-16(17)25-8-7-24(19(27)20(25)28)12-18(26)23-15-10-13(21)9-14(22)11-15/h3-11H,2,12H2,1H3,(H,23,26). The molecule has 9 heteroatoms. The molecule has 2 aromatic carbocycles. The number of aromatic nitrogens is 2. The van der Waals surface area contributed by atoms with Crippen molar-refractivity contribution in [3.05, 3.63) is 85.6 Å². The molecule has 0 atom stereocenters. The summed E-state index contributed by atoms with van der Waals surface area (Å²) in [5.41, 5.74) is -0.794. The van der Waals surface area contributed by atoms with Crippen LogP contribution in [0.3, 0.4) is 0 Å². The van der Waals surface area contributed by atoms with Gasteiger partial charge in [0.15, 0.2) is 0 Å². The fourth-order valence-corrected chi connectivity index (χ4v) is 3.26. The SMILES string of the molecule is CCOc1ccccc1-n1ccn(CC(=O)Nc2cc(Cl)cc(Cl)c2)c(=O)c1=O. The van der Waals surface area contributed by atoms with E-state index in [0.717, 1.165) is 4.57 Å². The Morgan fingerprint density at radius 1 is 1.03 bits per heavy atom. The number of nitrogens with zero attached hydrogens (tertiary/aromatic N) is 2. The first-order valence-electron chi connectivity index (χ1n) is 8.69. The van der Waals surface area contributed by atoms with Crippen molar-refractivity contribution in [3.8, 4) is 11.4 Å². The van der Waals surface area contributed by atoms with Gasteiger partial charge >= 0.3 is 11.1 Å². The fourth-order valence-electron chi connectivity index (χ4n) is 2.74. The normalized spacial score (nSPS) is 10.6. The highest BCUT2D eigenvalue weighted by atomic mass is 35.5. The quantitative estimate of drug-likeness (QED) is 0.604. The van der Waals surface area contributed by atoms with E-state index in [0.29, 0.717) is 33.8 Å². The van der Waals surface area contributed by atoms with Crippen molar-refractivity contribution in [2.24, 2.45) is 0 Å². The number of rotatable bonds is 6. The van der Waals surface area contributed by atoms with Crippen molar-refractivity contribution in [3.63, 3.8) is 0 Å². The van der Waals surface area contributed by atoms with Gasteiger partial charge in [0, 0.05) is 28.1 Å². The van der Waals surface area contributed by atoms with Crippen molar-refractivity contribution in [2.75, 3.05) is 11.9 Å². The number of carbonyl (C=O) groups excluding carboxylic acids is 1. The molecule has 1 amide bonds. The van der Waals surface area contributed by atoms with E-state index in [9.17, 15) is 14.4 Å². The molecule has 0 spiro atoms. The fraction of sp³-hybridized carbons (Fsp3) is 0.150. The van der Waals surface area contributed by atoms with Gasteiger partial charge in [0.05, 0.1) is 12.3 Å². The third-order valence-corrected chi connectivity index (χ3v) is 4.38. The summed E-state index contributed by atoms with van der Waals surface area (Å²) in [6, 6.07) is 11.5. The highest BCUT2D eigenvalue weighted by molar-refractivity contribution is 6.35. The molecule has 0 aliphatic rings. The smallest absolute Gasteiger partial charge is 0.321 e. The van der Waals surface area contributed by atoms with E-state index < -0.39 is 17.0 Å². The molecule has 0 unspecified atom stereocenters. The minimum atomic E-state index is -0.835. The van der Waals surface area contributed by atoms with Gasteiger partial charge in [-0.2, -0.15) is 0 Å². The molecule has 150 valence electrons. The summed E-state index contributed by atoms with van der Waals surface area (Å²) in [7, 11) is 0. The maximum Gasteiger partial charge on any atom is 0.321 e. The van der Waals surface area contributed by atoms with Crippen LogP contribution in [-0.2, 0) is 11.3 Å². The van der Waals surface area contributed by atoms with E-state index in [2.05, 4.69) is 5.32 Å². The van der Waals surface area contributed by atoms with Crippen LogP contribution in [0.15, 0.2) is 64.4 Å². The molecule has 0 saturated carbocycles. The second kappa shape index (κ2) is 8.98. The molecule has 3 rings (SSSR count). The molecular formula is C20H17Cl2N3O4. The minimum absolute atomic E-state index is 0.341. The molecule has 29 heavy (non-hydrogen) atoms. The zero-order chi connectivity index (χ0) is 21.0. The van der Waals surface area contributed by atoms with Crippen molar-refractivity contribution in [2.45, 2.75) is 13.5 Å². The van der Waals surface area contributed by atoms with Crippen molar-refractivity contribution >= 4 is 34.8 Å². The number of para-hydroxylation sites is 2. The van der Waals surface area contributed by atoms with Gasteiger partial charge < -0.3 is 10.1 Å². The van der Waals surface area contributed by atoms with E-state index in [1.165, 1.54) is 35.2 Å². The third kappa shape index (κ3) is 4.88. The van der Waals surface area contributed by atoms with Gasteiger partial charge in [-0.25, -0.2) is 0 Å². The number of amides is 1. The molecule has 0 fully saturated rings. The van der Waals surface area contributed by atoms with Gasteiger partial charge in [-0.05, 0) is 37.3 Å². The van der Waals surface area contributed by atoms with E-state index in [-0.39, 0.29) is 6.54 Å². The summed E-state index contributed by atoms with van der Waals surface area (Å²) in [6.45, 7) is 1.89. The number of anilines is 1. The Bertz CT molecular complexity index is 1150. The van der Waals surface area contributed by atoms with Crippen LogP contribution >= 0.6 is 23.2 Å².